The number of anilines is 1. The fourth-order valence-electron chi connectivity index (χ4n) is 3.07. The molecule has 0 saturated carbocycles. The standard InChI is InChI=1S/C22H25FN2O4S/c1-3-25(13-16-5-4-6-19-21(16)29-12-11-28-19)22(27)15(2)30-14-20(26)24-18-9-7-17(23)8-10-18/h4-10,15H,3,11-14H2,1-2H3,(H,24,26). The Labute approximate surface area is 179 Å². The minimum atomic E-state index is -0.388. The van der Waals surface area contributed by atoms with Crippen LogP contribution >= 0.6 is 11.8 Å². The second kappa shape index (κ2) is 10.3. The first-order valence-electron chi connectivity index (χ1n) is 9.81. The monoisotopic (exact) mass is 432 g/mol. The number of carbonyl (C=O) groups excluding carboxylic acids is 2. The summed E-state index contributed by atoms with van der Waals surface area (Å²) in [5.74, 6) is 0.858. The number of benzene rings is 2. The highest BCUT2D eigenvalue weighted by Crippen LogP contribution is 2.34. The number of ether oxygens (including phenoxy) is 2. The van der Waals surface area contributed by atoms with E-state index in [1.165, 1.54) is 36.0 Å². The number of hydrogen-bond donors (Lipinski definition) is 1. The number of para-hydroxylation sites is 1. The second-order valence-electron chi connectivity index (χ2n) is 6.80. The van der Waals surface area contributed by atoms with Crippen LogP contribution in [0.15, 0.2) is 42.5 Å². The molecule has 2 amide bonds. The van der Waals surface area contributed by atoms with Gasteiger partial charge in [-0.3, -0.25) is 9.59 Å². The number of rotatable bonds is 8. The zero-order valence-corrected chi connectivity index (χ0v) is 17.8. The van der Waals surface area contributed by atoms with Gasteiger partial charge in [0.25, 0.3) is 0 Å². The van der Waals surface area contributed by atoms with Gasteiger partial charge < -0.3 is 19.7 Å². The van der Waals surface area contributed by atoms with Gasteiger partial charge >= 0.3 is 0 Å². The van der Waals surface area contributed by atoms with Crippen molar-refractivity contribution in [3.63, 3.8) is 0 Å². The third-order valence-corrected chi connectivity index (χ3v) is 5.77. The van der Waals surface area contributed by atoms with Crippen LogP contribution in [-0.4, -0.2) is 47.5 Å². The van der Waals surface area contributed by atoms with E-state index in [1.54, 1.807) is 11.8 Å². The molecule has 1 heterocycles. The number of nitrogens with zero attached hydrogens (tertiary/aromatic N) is 1. The van der Waals surface area contributed by atoms with Crippen LogP contribution in [-0.2, 0) is 16.1 Å². The molecular weight excluding hydrogens is 407 g/mol. The predicted octanol–water partition coefficient (Wildman–Crippen LogP) is 3.71. The Bertz CT molecular complexity index is 891. The maximum absolute atomic E-state index is 13.0. The van der Waals surface area contributed by atoms with Gasteiger partial charge in [0.15, 0.2) is 11.5 Å². The summed E-state index contributed by atoms with van der Waals surface area (Å²) in [4.78, 5) is 26.8. The molecule has 1 atom stereocenters. The Morgan fingerprint density at radius 1 is 1.17 bits per heavy atom. The molecule has 2 aromatic carbocycles. The first-order valence-corrected chi connectivity index (χ1v) is 10.9. The molecule has 0 spiro atoms. The lowest BCUT2D eigenvalue weighted by molar-refractivity contribution is -0.130. The van der Waals surface area contributed by atoms with Crippen molar-refractivity contribution in [1.82, 2.24) is 4.90 Å². The van der Waals surface area contributed by atoms with E-state index in [-0.39, 0.29) is 28.6 Å². The molecule has 6 nitrogen and oxygen atoms in total. The number of amides is 2. The van der Waals surface area contributed by atoms with E-state index in [4.69, 9.17) is 9.47 Å². The molecule has 8 heteroatoms. The van der Waals surface area contributed by atoms with Crippen LogP contribution in [0.5, 0.6) is 11.5 Å². The summed E-state index contributed by atoms with van der Waals surface area (Å²) in [6.45, 7) is 5.66. The fraction of sp³-hybridized carbons (Fsp3) is 0.364. The van der Waals surface area contributed by atoms with Gasteiger partial charge in [-0.15, -0.1) is 11.8 Å². The summed E-state index contributed by atoms with van der Waals surface area (Å²) < 4.78 is 24.3. The molecule has 0 aliphatic carbocycles. The van der Waals surface area contributed by atoms with Crippen LogP contribution in [0.2, 0.25) is 0 Å². The number of nitrogens with one attached hydrogen (secondary N) is 1. The van der Waals surface area contributed by atoms with Crippen LogP contribution in [0.25, 0.3) is 0 Å². The van der Waals surface area contributed by atoms with E-state index in [9.17, 15) is 14.0 Å². The zero-order chi connectivity index (χ0) is 21.5. The average Bonchev–Trinajstić information content (AvgIpc) is 2.77. The van der Waals surface area contributed by atoms with E-state index in [1.807, 2.05) is 25.1 Å². The minimum absolute atomic E-state index is 0.0496. The number of thioether (sulfide) groups is 1. The summed E-state index contributed by atoms with van der Waals surface area (Å²) in [6, 6.07) is 11.2. The Morgan fingerprint density at radius 3 is 2.63 bits per heavy atom. The average molecular weight is 433 g/mol. The minimum Gasteiger partial charge on any atom is -0.486 e. The van der Waals surface area contributed by atoms with Gasteiger partial charge in [0, 0.05) is 24.3 Å². The van der Waals surface area contributed by atoms with Crippen molar-refractivity contribution in [3.05, 3.63) is 53.8 Å². The maximum atomic E-state index is 13.0. The lowest BCUT2D eigenvalue weighted by Gasteiger charge is -2.27. The van der Waals surface area contributed by atoms with Crippen molar-refractivity contribution >= 4 is 29.3 Å². The van der Waals surface area contributed by atoms with E-state index in [2.05, 4.69) is 5.32 Å². The van der Waals surface area contributed by atoms with Crippen molar-refractivity contribution < 1.29 is 23.5 Å². The number of carbonyl (C=O) groups is 2. The topological polar surface area (TPSA) is 67.9 Å². The van der Waals surface area contributed by atoms with E-state index in [0.29, 0.717) is 43.5 Å². The van der Waals surface area contributed by atoms with Crippen LogP contribution in [0.3, 0.4) is 0 Å². The predicted molar refractivity (Wildman–Crippen MR) is 115 cm³/mol. The van der Waals surface area contributed by atoms with Crippen LogP contribution in [0, 0.1) is 5.82 Å². The van der Waals surface area contributed by atoms with Crippen molar-refractivity contribution in [2.45, 2.75) is 25.6 Å². The zero-order valence-electron chi connectivity index (χ0n) is 17.0. The normalized spacial score (nSPS) is 13.4. The first kappa shape index (κ1) is 22.0. The van der Waals surface area contributed by atoms with Gasteiger partial charge in [0.05, 0.1) is 11.0 Å². The Balaban J connectivity index is 1.55. The molecule has 1 N–H and O–H groups in total. The molecule has 160 valence electrons. The van der Waals surface area contributed by atoms with E-state index in [0.717, 1.165) is 5.56 Å². The third kappa shape index (κ3) is 5.66. The highest BCUT2D eigenvalue weighted by Gasteiger charge is 2.23. The molecule has 30 heavy (non-hydrogen) atoms. The summed E-state index contributed by atoms with van der Waals surface area (Å²) in [5, 5.41) is 2.31. The number of halogens is 1. The Morgan fingerprint density at radius 2 is 1.90 bits per heavy atom. The number of fused-ring (bicyclic) bond motifs is 1. The molecule has 0 aromatic heterocycles. The number of hydrogen-bond acceptors (Lipinski definition) is 5. The molecule has 0 saturated heterocycles. The van der Waals surface area contributed by atoms with Gasteiger partial charge in [-0.2, -0.15) is 0 Å². The highest BCUT2D eigenvalue weighted by atomic mass is 32.2. The molecule has 0 fully saturated rings. The molecule has 1 aliphatic rings. The van der Waals surface area contributed by atoms with Crippen molar-refractivity contribution in [3.8, 4) is 11.5 Å². The molecule has 3 rings (SSSR count). The van der Waals surface area contributed by atoms with Gasteiger partial charge in [-0.05, 0) is 44.2 Å². The lowest BCUT2D eigenvalue weighted by atomic mass is 10.1. The lowest BCUT2D eigenvalue weighted by Crippen LogP contribution is -2.36. The van der Waals surface area contributed by atoms with Gasteiger partial charge in [0.1, 0.15) is 19.0 Å². The Hall–Kier alpha value is -2.74. The molecule has 0 bridgehead atoms. The van der Waals surface area contributed by atoms with Crippen molar-refractivity contribution in [2.75, 3.05) is 30.8 Å². The van der Waals surface area contributed by atoms with E-state index >= 15 is 0 Å². The summed E-state index contributed by atoms with van der Waals surface area (Å²) in [7, 11) is 0. The smallest absolute Gasteiger partial charge is 0.235 e. The first-order chi connectivity index (χ1) is 14.5. The molecule has 0 radical (unpaired) electrons. The molecular formula is C22H25FN2O4S. The van der Waals surface area contributed by atoms with Gasteiger partial charge in [0.2, 0.25) is 11.8 Å². The van der Waals surface area contributed by atoms with Gasteiger partial charge in [-0.1, -0.05) is 12.1 Å². The van der Waals surface area contributed by atoms with Crippen LogP contribution in [0.4, 0.5) is 10.1 Å². The van der Waals surface area contributed by atoms with Crippen LogP contribution < -0.4 is 14.8 Å². The van der Waals surface area contributed by atoms with Crippen LogP contribution in [0.1, 0.15) is 19.4 Å². The van der Waals surface area contributed by atoms with E-state index < -0.39 is 0 Å². The molecule has 1 unspecified atom stereocenters. The molecule has 2 aromatic rings. The summed E-state index contributed by atoms with van der Waals surface area (Å²) in [6.07, 6.45) is 0. The largest absolute Gasteiger partial charge is 0.486 e. The van der Waals surface area contributed by atoms with Gasteiger partial charge in [-0.25, -0.2) is 4.39 Å². The fourth-order valence-corrected chi connectivity index (χ4v) is 3.83. The van der Waals surface area contributed by atoms with Crippen molar-refractivity contribution in [2.24, 2.45) is 0 Å². The highest BCUT2D eigenvalue weighted by molar-refractivity contribution is 8.01. The quantitative estimate of drug-likeness (QED) is 0.689. The SMILES string of the molecule is CCN(Cc1cccc2c1OCCO2)C(=O)C(C)SCC(=O)Nc1ccc(F)cc1. The summed E-state index contributed by atoms with van der Waals surface area (Å²) in [5.41, 5.74) is 1.42. The third-order valence-electron chi connectivity index (χ3n) is 4.64. The second-order valence-corrected chi connectivity index (χ2v) is 8.13. The van der Waals surface area contributed by atoms with Crippen molar-refractivity contribution in [1.29, 1.82) is 0 Å². The Kier molecular flexibility index (Phi) is 7.57. The molecule has 1 aliphatic heterocycles. The summed E-state index contributed by atoms with van der Waals surface area (Å²) >= 11 is 1.26. The maximum Gasteiger partial charge on any atom is 0.235 e.